The molecule has 0 saturated heterocycles. The molecule has 1 atom stereocenters. The summed E-state index contributed by atoms with van der Waals surface area (Å²) in [7, 11) is 0. The predicted molar refractivity (Wildman–Crippen MR) is 285 cm³/mol. The highest BCUT2D eigenvalue weighted by Crippen LogP contribution is 2.54. The minimum absolute atomic E-state index is 0.309. The van der Waals surface area contributed by atoms with Gasteiger partial charge in [-0.05, 0) is 141 Å². The Kier molecular flexibility index (Phi) is 9.75. The highest BCUT2D eigenvalue weighted by Gasteiger charge is 2.41. The first-order chi connectivity index (χ1) is 33.6. The number of benzene rings is 10. The molecule has 0 radical (unpaired) electrons. The SMILES string of the molecule is CC1(c2ccccc2)c2ccccc2-c2ccc(-c3ccccc3N(c3ccc(-c4ccc5c(c4)oc4ccccc45)cc3)c3ccccc3-c3cccc4cccc(C5CCCCC5)c34)cc21. The average Bonchev–Trinajstić information content (AvgIpc) is 3.91. The van der Waals surface area contributed by atoms with Gasteiger partial charge in [0.15, 0.2) is 0 Å². The summed E-state index contributed by atoms with van der Waals surface area (Å²) in [5.74, 6) is 0.566. The van der Waals surface area contributed by atoms with Crippen molar-refractivity contribution in [3.8, 4) is 44.5 Å². The lowest BCUT2D eigenvalue weighted by atomic mass is 9.74. The molecule has 1 heterocycles. The standard InChI is InChI=1S/C66H51NO/c1-66(49-22-6-3-7-23-49)59-30-12-8-25-53(59)54-40-37-48(42-60(54)66)51-24-9-13-31-61(51)67(50-38-34-44(35-39-50)47-36-41-57-56-27-11-15-33-63(56)68-64(57)43-47)62-32-14-10-26-55(62)58-29-17-21-46-20-16-28-52(65(46)58)45-18-4-2-5-19-45/h3,6-17,20-43,45H,2,4-5,18-19H2,1H3. The number of para-hydroxylation sites is 3. The Morgan fingerprint density at radius 3 is 1.87 bits per heavy atom. The first-order valence-corrected chi connectivity index (χ1v) is 24.4. The summed E-state index contributed by atoms with van der Waals surface area (Å²) in [5, 5.41) is 4.97. The fraction of sp³-hybridized carbons (Fsp3) is 0.121. The molecule has 0 aliphatic heterocycles. The van der Waals surface area contributed by atoms with Gasteiger partial charge in [-0.25, -0.2) is 0 Å². The maximum absolute atomic E-state index is 6.36. The Labute approximate surface area is 398 Å². The van der Waals surface area contributed by atoms with E-state index in [0.29, 0.717) is 5.92 Å². The molecule has 0 N–H and O–H groups in total. The van der Waals surface area contributed by atoms with Gasteiger partial charge in [-0.3, -0.25) is 0 Å². The van der Waals surface area contributed by atoms with E-state index in [4.69, 9.17) is 4.42 Å². The van der Waals surface area contributed by atoms with Crippen LogP contribution in [0.25, 0.3) is 77.2 Å². The van der Waals surface area contributed by atoms with Crippen molar-refractivity contribution in [3.63, 3.8) is 0 Å². The molecule has 2 heteroatoms. The number of rotatable bonds is 8. The second kappa shape index (κ2) is 16.4. The van der Waals surface area contributed by atoms with Gasteiger partial charge in [0.05, 0.1) is 11.4 Å². The highest BCUT2D eigenvalue weighted by molar-refractivity contribution is 6.07. The summed E-state index contributed by atoms with van der Waals surface area (Å²) in [6, 6.07) is 83.2. The van der Waals surface area contributed by atoms with Crippen molar-refractivity contribution in [2.75, 3.05) is 4.90 Å². The topological polar surface area (TPSA) is 16.4 Å². The number of fused-ring (bicyclic) bond motifs is 7. The van der Waals surface area contributed by atoms with Gasteiger partial charge in [-0.1, -0.05) is 195 Å². The molecule has 1 fully saturated rings. The van der Waals surface area contributed by atoms with Crippen molar-refractivity contribution in [2.45, 2.75) is 50.4 Å². The minimum atomic E-state index is -0.309. The Morgan fingerprint density at radius 1 is 0.426 bits per heavy atom. The van der Waals surface area contributed by atoms with E-state index in [1.54, 1.807) is 0 Å². The van der Waals surface area contributed by atoms with Crippen LogP contribution in [0.3, 0.4) is 0 Å². The van der Waals surface area contributed by atoms with Crippen molar-refractivity contribution in [1.29, 1.82) is 0 Å². The lowest BCUT2D eigenvalue weighted by Crippen LogP contribution is -2.22. The number of anilines is 3. The lowest BCUT2D eigenvalue weighted by Gasteiger charge is -2.31. The van der Waals surface area contributed by atoms with E-state index in [2.05, 4.69) is 224 Å². The molecule has 0 amide bonds. The number of hydrogen-bond donors (Lipinski definition) is 0. The van der Waals surface area contributed by atoms with Crippen molar-refractivity contribution in [2.24, 2.45) is 0 Å². The molecule has 68 heavy (non-hydrogen) atoms. The Bertz CT molecular complexity index is 3680. The Balaban J connectivity index is 1.000. The molecule has 1 saturated carbocycles. The highest BCUT2D eigenvalue weighted by atomic mass is 16.3. The van der Waals surface area contributed by atoms with E-state index in [1.807, 2.05) is 12.1 Å². The van der Waals surface area contributed by atoms with Crippen LogP contribution in [-0.4, -0.2) is 0 Å². The van der Waals surface area contributed by atoms with Crippen LogP contribution >= 0.6 is 0 Å². The van der Waals surface area contributed by atoms with E-state index in [0.717, 1.165) is 50.1 Å². The van der Waals surface area contributed by atoms with Gasteiger partial charge in [0.25, 0.3) is 0 Å². The van der Waals surface area contributed by atoms with Gasteiger partial charge >= 0.3 is 0 Å². The molecule has 1 unspecified atom stereocenters. The summed E-state index contributed by atoms with van der Waals surface area (Å²) in [5.41, 5.74) is 20.1. The van der Waals surface area contributed by atoms with Crippen LogP contribution < -0.4 is 4.90 Å². The van der Waals surface area contributed by atoms with Crippen molar-refractivity contribution in [3.05, 3.63) is 247 Å². The van der Waals surface area contributed by atoms with Gasteiger partial charge in [0, 0.05) is 33.0 Å². The fourth-order valence-corrected chi connectivity index (χ4v) is 12.0. The molecule has 2 aliphatic carbocycles. The minimum Gasteiger partial charge on any atom is -0.456 e. The fourth-order valence-electron chi connectivity index (χ4n) is 12.0. The first kappa shape index (κ1) is 40.3. The average molecular weight is 874 g/mol. The second-order valence-electron chi connectivity index (χ2n) is 19.1. The predicted octanol–water partition coefficient (Wildman–Crippen LogP) is 18.6. The van der Waals surface area contributed by atoms with Crippen molar-refractivity contribution >= 4 is 49.8 Å². The van der Waals surface area contributed by atoms with E-state index in [9.17, 15) is 0 Å². The largest absolute Gasteiger partial charge is 0.456 e. The van der Waals surface area contributed by atoms with Gasteiger partial charge in [0.2, 0.25) is 0 Å². The molecule has 13 rings (SSSR count). The number of furan rings is 1. The van der Waals surface area contributed by atoms with Gasteiger partial charge < -0.3 is 9.32 Å². The monoisotopic (exact) mass is 873 g/mol. The molecule has 11 aromatic rings. The van der Waals surface area contributed by atoms with E-state index < -0.39 is 0 Å². The zero-order valence-corrected chi connectivity index (χ0v) is 38.3. The van der Waals surface area contributed by atoms with Crippen LogP contribution in [0, 0.1) is 0 Å². The molecule has 0 spiro atoms. The number of hydrogen-bond acceptors (Lipinski definition) is 2. The number of nitrogens with zero attached hydrogens (tertiary/aromatic N) is 1. The van der Waals surface area contributed by atoms with Crippen LogP contribution in [0.15, 0.2) is 229 Å². The zero-order valence-electron chi connectivity index (χ0n) is 38.3. The molecule has 2 nitrogen and oxygen atoms in total. The zero-order chi connectivity index (χ0) is 45.2. The van der Waals surface area contributed by atoms with Gasteiger partial charge in [-0.2, -0.15) is 0 Å². The summed E-state index contributed by atoms with van der Waals surface area (Å²) < 4.78 is 6.36. The van der Waals surface area contributed by atoms with E-state index >= 15 is 0 Å². The second-order valence-corrected chi connectivity index (χ2v) is 19.1. The quantitative estimate of drug-likeness (QED) is 0.151. The summed E-state index contributed by atoms with van der Waals surface area (Å²) in [6.07, 6.45) is 6.43. The van der Waals surface area contributed by atoms with E-state index in [1.165, 1.54) is 98.5 Å². The Hall–Kier alpha value is -7.94. The van der Waals surface area contributed by atoms with Crippen LogP contribution in [0.1, 0.15) is 67.2 Å². The normalized spacial score (nSPS) is 15.7. The maximum atomic E-state index is 6.36. The molecule has 0 bridgehead atoms. The van der Waals surface area contributed by atoms with Crippen LogP contribution in [0.2, 0.25) is 0 Å². The van der Waals surface area contributed by atoms with Crippen molar-refractivity contribution in [1.82, 2.24) is 0 Å². The summed E-state index contributed by atoms with van der Waals surface area (Å²) in [4.78, 5) is 2.51. The van der Waals surface area contributed by atoms with E-state index in [-0.39, 0.29) is 5.41 Å². The summed E-state index contributed by atoms with van der Waals surface area (Å²) in [6.45, 7) is 2.41. The third kappa shape index (κ3) is 6.54. The van der Waals surface area contributed by atoms with Gasteiger partial charge in [-0.15, -0.1) is 0 Å². The molecular weight excluding hydrogens is 823 g/mol. The van der Waals surface area contributed by atoms with Gasteiger partial charge in [0.1, 0.15) is 11.2 Å². The molecular formula is C66H51NO. The van der Waals surface area contributed by atoms with Crippen LogP contribution in [0.5, 0.6) is 0 Å². The molecule has 326 valence electrons. The first-order valence-electron chi connectivity index (χ1n) is 24.4. The summed E-state index contributed by atoms with van der Waals surface area (Å²) >= 11 is 0. The lowest BCUT2D eigenvalue weighted by molar-refractivity contribution is 0.445. The molecule has 1 aromatic heterocycles. The maximum Gasteiger partial charge on any atom is 0.136 e. The van der Waals surface area contributed by atoms with Crippen molar-refractivity contribution < 1.29 is 4.42 Å². The molecule has 2 aliphatic rings. The molecule has 10 aromatic carbocycles. The third-order valence-electron chi connectivity index (χ3n) is 15.4. The smallest absolute Gasteiger partial charge is 0.136 e. The third-order valence-corrected chi connectivity index (χ3v) is 15.4. The Morgan fingerprint density at radius 2 is 1.04 bits per heavy atom. The van der Waals surface area contributed by atoms with Crippen LogP contribution in [-0.2, 0) is 5.41 Å². The van der Waals surface area contributed by atoms with Crippen LogP contribution in [0.4, 0.5) is 17.1 Å².